The normalized spacial score (nSPS) is 14.8. The van der Waals surface area contributed by atoms with Crippen molar-refractivity contribution in [1.82, 2.24) is 4.57 Å². The maximum Gasteiger partial charge on any atom is 0.254 e. The first-order chi connectivity index (χ1) is 5.70. The smallest absolute Gasteiger partial charge is 0.254 e. The summed E-state index contributed by atoms with van der Waals surface area (Å²) in [6, 6.07) is 1.91. The van der Waals surface area contributed by atoms with Crippen LogP contribution in [-0.2, 0) is 19.9 Å². The number of aryl methyl sites for hydroxylation is 1. The number of nitrogens with zero attached hydrogens (tertiary/aromatic N) is 1. The van der Waals surface area contributed by atoms with Gasteiger partial charge in [0.05, 0.1) is 0 Å². The molecule has 0 saturated carbocycles. The van der Waals surface area contributed by atoms with Crippen LogP contribution < -0.4 is 5.56 Å². The van der Waals surface area contributed by atoms with Gasteiger partial charge in [-0.3, -0.25) is 4.79 Å². The van der Waals surface area contributed by atoms with Crippen molar-refractivity contribution in [2.75, 3.05) is 0 Å². The molecule has 1 aromatic rings. The molecule has 0 bridgehead atoms. The molecule has 0 atom stereocenters. The van der Waals surface area contributed by atoms with Crippen molar-refractivity contribution in [3.63, 3.8) is 0 Å². The van der Waals surface area contributed by atoms with E-state index in [2.05, 4.69) is 0 Å². The summed E-state index contributed by atoms with van der Waals surface area (Å²) < 4.78 is 1.51. The predicted octanol–water partition coefficient (Wildman–Crippen LogP) is 1.53. The number of halogens is 1. The number of hydrogen-bond acceptors (Lipinski definition) is 1. The van der Waals surface area contributed by atoms with Crippen LogP contribution in [0.5, 0.6) is 0 Å². The second-order valence-electron chi connectivity index (χ2n) is 3.19. The monoisotopic (exact) mass is 183 g/mol. The minimum absolute atomic E-state index is 0.0787. The third-order valence-corrected chi connectivity index (χ3v) is 2.80. The molecule has 2 nitrogen and oxygen atoms in total. The second kappa shape index (κ2) is 2.63. The molecule has 0 unspecified atom stereocenters. The van der Waals surface area contributed by atoms with Crippen LogP contribution in [0.1, 0.15) is 17.5 Å². The molecule has 12 heavy (non-hydrogen) atoms. The lowest BCUT2D eigenvalue weighted by Crippen LogP contribution is -2.21. The molecule has 3 heteroatoms. The summed E-state index contributed by atoms with van der Waals surface area (Å²) in [7, 11) is 1.71. The third kappa shape index (κ3) is 0.985. The molecule has 0 fully saturated rings. The van der Waals surface area contributed by atoms with Gasteiger partial charge in [0, 0.05) is 12.6 Å². The van der Waals surface area contributed by atoms with Crippen LogP contribution in [0.25, 0.3) is 0 Å². The van der Waals surface area contributed by atoms with Gasteiger partial charge in [0.1, 0.15) is 5.15 Å². The first-order valence-corrected chi connectivity index (χ1v) is 4.45. The van der Waals surface area contributed by atoms with Crippen molar-refractivity contribution < 1.29 is 0 Å². The summed E-state index contributed by atoms with van der Waals surface area (Å²) in [5, 5.41) is 0.542. The molecule has 1 aliphatic carbocycles. The maximum atomic E-state index is 11.6. The van der Waals surface area contributed by atoms with Crippen LogP contribution in [0, 0.1) is 0 Å². The van der Waals surface area contributed by atoms with Gasteiger partial charge in [-0.05, 0) is 30.9 Å². The number of hydrogen-bond donors (Lipinski definition) is 0. The minimum Gasteiger partial charge on any atom is -0.302 e. The first-order valence-electron chi connectivity index (χ1n) is 4.07. The highest BCUT2D eigenvalue weighted by atomic mass is 35.5. The van der Waals surface area contributed by atoms with E-state index in [0.717, 1.165) is 30.4 Å². The Labute approximate surface area is 75.8 Å². The van der Waals surface area contributed by atoms with Gasteiger partial charge in [-0.1, -0.05) is 11.6 Å². The molecule has 1 aliphatic rings. The molecule has 0 aliphatic heterocycles. The lowest BCUT2D eigenvalue weighted by molar-refractivity contribution is 0.836. The van der Waals surface area contributed by atoms with Gasteiger partial charge in [-0.15, -0.1) is 0 Å². The van der Waals surface area contributed by atoms with Gasteiger partial charge in [0.15, 0.2) is 0 Å². The van der Waals surface area contributed by atoms with Gasteiger partial charge in [0.25, 0.3) is 5.56 Å². The Morgan fingerprint density at radius 2 is 2.25 bits per heavy atom. The van der Waals surface area contributed by atoms with Crippen LogP contribution in [0.4, 0.5) is 0 Å². The molecule has 0 aromatic carbocycles. The third-order valence-electron chi connectivity index (χ3n) is 2.44. The lowest BCUT2D eigenvalue weighted by Gasteiger charge is -2.04. The molecule has 0 radical (unpaired) electrons. The van der Waals surface area contributed by atoms with Crippen LogP contribution in [0.2, 0.25) is 5.15 Å². The average Bonchev–Trinajstić information content (AvgIpc) is 2.48. The quantitative estimate of drug-likeness (QED) is 0.560. The molecule has 0 N–H and O–H groups in total. The first kappa shape index (κ1) is 7.87. The Morgan fingerprint density at radius 1 is 1.50 bits per heavy atom. The van der Waals surface area contributed by atoms with Crippen molar-refractivity contribution in [1.29, 1.82) is 0 Å². The molecular formula is C9H10ClNO. The van der Waals surface area contributed by atoms with E-state index < -0.39 is 0 Å². The highest BCUT2D eigenvalue weighted by Crippen LogP contribution is 2.20. The topological polar surface area (TPSA) is 22.0 Å². The zero-order valence-corrected chi connectivity index (χ0v) is 7.69. The van der Waals surface area contributed by atoms with Gasteiger partial charge >= 0.3 is 0 Å². The maximum absolute atomic E-state index is 11.6. The van der Waals surface area contributed by atoms with E-state index >= 15 is 0 Å². The zero-order chi connectivity index (χ0) is 8.72. The summed E-state index contributed by atoms with van der Waals surface area (Å²) >= 11 is 5.86. The second-order valence-corrected chi connectivity index (χ2v) is 3.58. The van der Waals surface area contributed by atoms with Gasteiger partial charge < -0.3 is 4.57 Å². The number of pyridine rings is 1. The zero-order valence-electron chi connectivity index (χ0n) is 6.93. The van der Waals surface area contributed by atoms with Crippen molar-refractivity contribution in [2.45, 2.75) is 19.3 Å². The van der Waals surface area contributed by atoms with E-state index in [1.165, 1.54) is 4.57 Å². The van der Waals surface area contributed by atoms with E-state index in [1.54, 1.807) is 7.05 Å². The van der Waals surface area contributed by atoms with Gasteiger partial charge in [0.2, 0.25) is 0 Å². The summed E-state index contributed by atoms with van der Waals surface area (Å²) in [6.45, 7) is 0. The van der Waals surface area contributed by atoms with Crippen molar-refractivity contribution in [3.8, 4) is 0 Å². The van der Waals surface area contributed by atoms with E-state index in [9.17, 15) is 4.79 Å². The Bertz CT molecular complexity index is 381. The summed E-state index contributed by atoms with van der Waals surface area (Å²) in [5.74, 6) is 0. The van der Waals surface area contributed by atoms with Gasteiger partial charge in [-0.2, -0.15) is 0 Å². The van der Waals surface area contributed by atoms with Crippen molar-refractivity contribution in [2.24, 2.45) is 7.05 Å². The average molecular weight is 184 g/mol. The van der Waals surface area contributed by atoms with Gasteiger partial charge in [-0.25, -0.2) is 0 Å². The fourth-order valence-electron chi connectivity index (χ4n) is 1.71. The molecule has 0 spiro atoms. The van der Waals surface area contributed by atoms with E-state index in [4.69, 9.17) is 11.6 Å². The number of fused-ring (bicyclic) bond motifs is 1. The van der Waals surface area contributed by atoms with E-state index in [1.807, 2.05) is 6.07 Å². The fourth-order valence-corrected chi connectivity index (χ4v) is 1.92. The van der Waals surface area contributed by atoms with Crippen LogP contribution in [-0.4, -0.2) is 4.57 Å². The lowest BCUT2D eigenvalue weighted by atomic mass is 10.2. The molecule has 0 saturated heterocycles. The Kier molecular flexibility index (Phi) is 1.72. The molecule has 1 aromatic heterocycles. The predicted molar refractivity (Wildman–Crippen MR) is 48.7 cm³/mol. The van der Waals surface area contributed by atoms with Crippen molar-refractivity contribution in [3.05, 3.63) is 32.7 Å². The molecule has 1 heterocycles. The standard InChI is InChI=1S/C9H10ClNO/c1-11-8(10)5-6-3-2-4-7(6)9(11)12/h5H,2-4H2,1H3. The molecule has 2 rings (SSSR count). The van der Waals surface area contributed by atoms with Crippen LogP contribution >= 0.6 is 11.6 Å². The highest BCUT2D eigenvalue weighted by Gasteiger charge is 2.16. The number of rotatable bonds is 0. The van der Waals surface area contributed by atoms with Crippen molar-refractivity contribution >= 4 is 11.6 Å². The molecular weight excluding hydrogens is 174 g/mol. The number of aromatic nitrogens is 1. The largest absolute Gasteiger partial charge is 0.302 e. The fraction of sp³-hybridized carbons (Fsp3) is 0.444. The summed E-state index contributed by atoms with van der Waals surface area (Å²) in [6.07, 6.45) is 3.01. The Hall–Kier alpha value is -0.760. The summed E-state index contributed by atoms with van der Waals surface area (Å²) in [4.78, 5) is 11.6. The summed E-state index contributed by atoms with van der Waals surface area (Å²) in [5.41, 5.74) is 2.18. The Morgan fingerprint density at radius 3 is 3.00 bits per heavy atom. The Balaban J connectivity index is 2.76. The van der Waals surface area contributed by atoms with Crippen LogP contribution in [0.15, 0.2) is 10.9 Å². The van der Waals surface area contributed by atoms with E-state index in [0.29, 0.717) is 5.15 Å². The minimum atomic E-state index is 0.0787. The highest BCUT2D eigenvalue weighted by molar-refractivity contribution is 6.29. The molecule has 0 amide bonds. The van der Waals surface area contributed by atoms with Crippen LogP contribution in [0.3, 0.4) is 0 Å². The molecule has 64 valence electrons. The van der Waals surface area contributed by atoms with E-state index in [-0.39, 0.29) is 5.56 Å². The SMILES string of the molecule is Cn1c(Cl)cc2c(c1=O)CCC2.